The van der Waals surface area contributed by atoms with Crippen LogP contribution in [-0.2, 0) is 10.5 Å². The van der Waals surface area contributed by atoms with E-state index in [2.05, 4.69) is 0 Å². The predicted octanol–water partition coefficient (Wildman–Crippen LogP) is 3.11. The maximum absolute atomic E-state index is 14.5. The van der Waals surface area contributed by atoms with Gasteiger partial charge in [-0.05, 0) is 16.3 Å². The molecule has 3 heteroatoms. The Hall–Kier alpha value is -1.90. The van der Waals surface area contributed by atoms with Crippen molar-refractivity contribution in [3.05, 3.63) is 48.0 Å². The Labute approximate surface area is 97.7 Å². The monoisotopic (exact) mass is 230 g/mol. The van der Waals surface area contributed by atoms with Gasteiger partial charge in [-0.3, -0.25) is 4.79 Å². The maximum atomic E-state index is 14.5. The summed E-state index contributed by atoms with van der Waals surface area (Å²) in [5.74, 6) is -1.95. The van der Waals surface area contributed by atoms with Crippen molar-refractivity contribution in [1.82, 2.24) is 0 Å². The van der Waals surface area contributed by atoms with E-state index in [1.54, 1.807) is 12.1 Å². The van der Waals surface area contributed by atoms with E-state index in [0.717, 1.165) is 10.8 Å². The molecule has 2 aromatic carbocycles. The van der Waals surface area contributed by atoms with Gasteiger partial charge in [-0.25, -0.2) is 4.39 Å². The lowest BCUT2D eigenvalue weighted by Crippen LogP contribution is -2.10. The van der Waals surface area contributed by atoms with Crippen molar-refractivity contribution in [3.63, 3.8) is 0 Å². The second kappa shape index (κ2) is 3.29. The Balaban J connectivity index is 2.16. The van der Waals surface area contributed by atoms with Gasteiger partial charge in [0.25, 0.3) is 0 Å². The number of halogens is 1. The number of hydrogen-bond acceptors (Lipinski definition) is 1. The number of alkyl halides is 1. The highest BCUT2D eigenvalue weighted by Gasteiger charge is 2.61. The molecule has 1 N–H and O–H groups in total. The van der Waals surface area contributed by atoms with E-state index in [1.807, 2.05) is 30.3 Å². The number of benzene rings is 2. The fourth-order valence-electron chi connectivity index (χ4n) is 2.41. The molecule has 2 atom stereocenters. The number of fused-ring (bicyclic) bond motifs is 1. The Kier molecular flexibility index (Phi) is 1.99. The Morgan fingerprint density at radius 1 is 1.24 bits per heavy atom. The van der Waals surface area contributed by atoms with Gasteiger partial charge in [0.05, 0.1) is 5.92 Å². The third-order valence-electron chi connectivity index (χ3n) is 3.43. The highest BCUT2D eigenvalue weighted by molar-refractivity contribution is 5.88. The second-order valence-corrected chi connectivity index (χ2v) is 4.48. The summed E-state index contributed by atoms with van der Waals surface area (Å²) in [6.45, 7) is 0. The van der Waals surface area contributed by atoms with Gasteiger partial charge < -0.3 is 5.11 Å². The lowest BCUT2D eigenvalue weighted by Gasteiger charge is -2.10. The molecule has 0 bridgehead atoms. The smallest absolute Gasteiger partial charge is 0.310 e. The largest absolute Gasteiger partial charge is 0.481 e. The third-order valence-corrected chi connectivity index (χ3v) is 3.43. The third kappa shape index (κ3) is 1.42. The summed E-state index contributed by atoms with van der Waals surface area (Å²) in [5.41, 5.74) is -1.19. The molecule has 1 aliphatic rings. The SMILES string of the molecule is O=C(O)[C@H]1C[C@]1(F)c1cccc2ccccc12. The summed E-state index contributed by atoms with van der Waals surface area (Å²) >= 11 is 0. The number of aliphatic carboxylic acids is 1. The fourth-order valence-corrected chi connectivity index (χ4v) is 2.41. The van der Waals surface area contributed by atoms with Gasteiger partial charge in [0.1, 0.15) is 0 Å². The summed E-state index contributed by atoms with van der Waals surface area (Å²) < 4.78 is 14.5. The molecule has 1 fully saturated rings. The molecule has 0 saturated heterocycles. The highest BCUT2D eigenvalue weighted by Crippen LogP contribution is 2.57. The first-order valence-electron chi connectivity index (χ1n) is 5.53. The van der Waals surface area contributed by atoms with Crippen molar-refractivity contribution in [3.8, 4) is 0 Å². The van der Waals surface area contributed by atoms with Crippen LogP contribution >= 0.6 is 0 Å². The quantitative estimate of drug-likeness (QED) is 0.860. The van der Waals surface area contributed by atoms with Crippen LogP contribution in [0.15, 0.2) is 42.5 Å². The van der Waals surface area contributed by atoms with E-state index in [4.69, 9.17) is 5.11 Å². The van der Waals surface area contributed by atoms with Crippen molar-refractivity contribution >= 4 is 16.7 Å². The van der Waals surface area contributed by atoms with Crippen LogP contribution in [0.1, 0.15) is 12.0 Å². The number of carboxylic acids is 1. The van der Waals surface area contributed by atoms with Crippen molar-refractivity contribution in [2.45, 2.75) is 12.1 Å². The molecule has 0 spiro atoms. The molecule has 1 aliphatic carbocycles. The van der Waals surface area contributed by atoms with E-state index in [1.165, 1.54) is 0 Å². The topological polar surface area (TPSA) is 37.3 Å². The number of rotatable bonds is 2. The second-order valence-electron chi connectivity index (χ2n) is 4.48. The standard InChI is InChI=1S/C14H11FO2/c15-14(8-12(14)13(16)17)11-7-3-5-9-4-1-2-6-10(9)11/h1-7,12H,8H2,(H,16,17)/t12-,14+/m1/s1. The number of carboxylic acid groups (broad SMARTS) is 1. The van der Waals surface area contributed by atoms with Crippen LogP contribution in [0.25, 0.3) is 10.8 Å². The van der Waals surface area contributed by atoms with Gasteiger partial charge in [0.2, 0.25) is 0 Å². The zero-order valence-corrected chi connectivity index (χ0v) is 9.06. The summed E-state index contributed by atoms with van der Waals surface area (Å²) in [7, 11) is 0. The Morgan fingerprint density at radius 2 is 1.94 bits per heavy atom. The van der Waals surface area contributed by atoms with Gasteiger partial charge >= 0.3 is 5.97 Å². The minimum atomic E-state index is -1.69. The van der Waals surface area contributed by atoms with Crippen LogP contribution in [0.4, 0.5) is 4.39 Å². The van der Waals surface area contributed by atoms with Gasteiger partial charge in [0, 0.05) is 6.42 Å². The van der Waals surface area contributed by atoms with Gasteiger partial charge in [-0.15, -0.1) is 0 Å². The van der Waals surface area contributed by atoms with E-state index in [-0.39, 0.29) is 6.42 Å². The van der Waals surface area contributed by atoms with E-state index >= 15 is 0 Å². The summed E-state index contributed by atoms with van der Waals surface area (Å²) in [4.78, 5) is 10.8. The summed E-state index contributed by atoms with van der Waals surface area (Å²) in [6, 6.07) is 12.8. The van der Waals surface area contributed by atoms with Crippen LogP contribution in [0.3, 0.4) is 0 Å². The molecule has 0 amide bonds. The lowest BCUT2D eigenvalue weighted by atomic mass is 9.98. The Morgan fingerprint density at radius 3 is 2.65 bits per heavy atom. The summed E-state index contributed by atoms with van der Waals surface area (Å²) in [6.07, 6.45) is 0.0797. The zero-order valence-electron chi connectivity index (χ0n) is 9.06. The van der Waals surface area contributed by atoms with Gasteiger partial charge in [-0.1, -0.05) is 42.5 Å². The molecule has 0 unspecified atom stereocenters. The lowest BCUT2D eigenvalue weighted by molar-refractivity contribution is -0.139. The minimum Gasteiger partial charge on any atom is -0.481 e. The molecule has 0 radical (unpaired) electrons. The van der Waals surface area contributed by atoms with Gasteiger partial charge in [0.15, 0.2) is 5.67 Å². The average molecular weight is 230 g/mol. The molecule has 3 rings (SSSR count). The number of carbonyl (C=O) groups is 1. The normalized spacial score (nSPS) is 27.0. The van der Waals surface area contributed by atoms with E-state index < -0.39 is 17.6 Å². The van der Waals surface area contributed by atoms with Crippen molar-refractivity contribution < 1.29 is 14.3 Å². The molecule has 0 heterocycles. The first-order valence-corrected chi connectivity index (χ1v) is 5.53. The maximum Gasteiger partial charge on any atom is 0.310 e. The van der Waals surface area contributed by atoms with Crippen molar-refractivity contribution in [2.24, 2.45) is 5.92 Å². The average Bonchev–Trinajstić information content (AvgIpc) is 3.02. The fraction of sp³-hybridized carbons (Fsp3) is 0.214. The van der Waals surface area contributed by atoms with Gasteiger partial charge in [-0.2, -0.15) is 0 Å². The van der Waals surface area contributed by atoms with Crippen LogP contribution < -0.4 is 0 Å². The molecule has 2 nitrogen and oxygen atoms in total. The first kappa shape index (κ1) is 10.3. The zero-order chi connectivity index (χ0) is 12.0. The molecular formula is C14H11FO2. The van der Waals surface area contributed by atoms with E-state index in [0.29, 0.717) is 5.56 Å². The molecule has 17 heavy (non-hydrogen) atoms. The molecule has 86 valence electrons. The molecule has 0 aliphatic heterocycles. The molecule has 0 aromatic heterocycles. The summed E-state index contributed by atoms with van der Waals surface area (Å²) in [5, 5.41) is 10.6. The van der Waals surface area contributed by atoms with Crippen molar-refractivity contribution in [2.75, 3.05) is 0 Å². The minimum absolute atomic E-state index is 0.0797. The van der Waals surface area contributed by atoms with Crippen LogP contribution in [-0.4, -0.2) is 11.1 Å². The highest BCUT2D eigenvalue weighted by atomic mass is 19.1. The predicted molar refractivity (Wildman–Crippen MR) is 62.5 cm³/mol. The molecule has 1 saturated carbocycles. The van der Waals surface area contributed by atoms with Crippen LogP contribution in [0, 0.1) is 5.92 Å². The first-order chi connectivity index (χ1) is 8.13. The number of hydrogen-bond donors (Lipinski definition) is 1. The Bertz CT molecular complexity index is 603. The molecular weight excluding hydrogens is 219 g/mol. The van der Waals surface area contributed by atoms with Crippen molar-refractivity contribution in [1.29, 1.82) is 0 Å². The van der Waals surface area contributed by atoms with Crippen LogP contribution in [0.5, 0.6) is 0 Å². The molecule has 2 aromatic rings. The van der Waals surface area contributed by atoms with Crippen LogP contribution in [0.2, 0.25) is 0 Å². The van der Waals surface area contributed by atoms with E-state index in [9.17, 15) is 9.18 Å².